The Bertz CT molecular complexity index is 432. The molecule has 0 unspecified atom stereocenters. The molecular weight excluding hydrogens is 318 g/mol. The number of benzene rings is 1. The minimum absolute atomic E-state index is 0. The van der Waals surface area contributed by atoms with Gasteiger partial charge in [0.25, 0.3) is 0 Å². The van der Waals surface area contributed by atoms with Crippen molar-refractivity contribution in [1.29, 1.82) is 0 Å². The number of quaternary nitrogens is 1. The first kappa shape index (κ1) is 23.4. The summed E-state index contributed by atoms with van der Waals surface area (Å²) in [5.41, 5.74) is 1.62. The third-order valence-corrected chi connectivity index (χ3v) is 4.96. The number of ether oxygens (including phenoxy) is 1. The van der Waals surface area contributed by atoms with Crippen LogP contribution in [0, 0.1) is 11.8 Å². The number of nitrogens with zero attached hydrogens (tertiary/aromatic N) is 1. The zero-order valence-electron chi connectivity index (χ0n) is 16.8. The van der Waals surface area contributed by atoms with Crippen LogP contribution < -0.4 is 12.4 Å². The van der Waals surface area contributed by atoms with Gasteiger partial charge in [0.1, 0.15) is 12.1 Å². The highest BCUT2D eigenvalue weighted by Crippen LogP contribution is 2.43. The van der Waals surface area contributed by atoms with E-state index in [1.807, 2.05) is 0 Å². The number of likely N-dealkylation sites (N-methyl/N-ethyl adjacent to an activating group) is 1. The van der Waals surface area contributed by atoms with E-state index in [1.54, 1.807) is 0 Å². The van der Waals surface area contributed by atoms with Crippen LogP contribution in [-0.4, -0.2) is 38.3 Å². The summed E-state index contributed by atoms with van der Waals surface area (Å²) >= 11 is 0. The number of hydrogen-bond donors (Lipinski definition) is 0. The minimum Gasteiger partial charge on any atom is -1.00 e. The lowest BCUT2D eigenvalue weighted by Crippen LogP contribution is -3.00. The molecule has 24 heavy (non-hydrogen) atoms. The summed E-state index contributed by atoms with van der Waals surface area (Å²) in [6.45, 7) is 14.1. The molecule has 1 rings (SSSR count). The maximum atomic E-state index is 5.69. The van der Waals surface area contributed by atoms with Gasteiger partial charge in [0, 0.05) is 25.0 Å². The van der Waals surface area contributed by atoms with Crippen LogP contribution in [0.1, 0.15) is 53.0 Å². The maximum Gasteiger partial charge on any atom is 0.125 e. The van der Waals surface area contributed by atoms with E-state index in [1.165, 1.54) is 18.4 Å². The van der Waals surface area contributed by atoms with Crippen LogP contribution in [-0.2, 0) is 10.3 Å². The van der Waals surface area contributed by atoms with Gasteiger partial charge in [0.05, 0.1) is 20.7 Å². The lowest BCUT2D eigenvalue weighted by Gasteiger charge is -2.51. The summed E-state index contributed by atoms with van der Waals surface area (Å²) in [5, 5.41) is 0. The molecule has 0 amide bonds. The van der Waals surface area contributed by atoms with Crippen molar-refractivity contribution < 1.29 is 21.6 Å². The van der Waals surface area contributed by atoms with Crippen LogP contribution >= 0.6 is 0 Å². The average Bonchev–Trinajstić information content (AvgIpc) is 2.46. The Balaban J connectivity index is 0.00000529. The maximum absolute atomic E-state index is 5.69. The molecule has 0 aromatic heterocycles. The van der Waals surface area contributed by atoms with E-state index in [-0.39, 0.29) is 17.9 Å². The lowest BCUT2D eigenvalue weighted by molar-refractivity contribution is -0.952. The normalized spacial score (nSPS) is 12.5. The van der Waals surface area contributed by atoms with Gasteiger partial charge in [-0.15, -0.1) is 0 Å². The Morgan fingerprint density at radius 2 is 1.46 bits per heavy atom. The first-order valence-electron chi connectivity index (χ1n) is 9.21. The molecule has 0 atom stereocenters. The molecule has 0 fully saturated rings. The number of halogens is 1. The first-order valence-corrected chi connectivity index (χ1v) is 9.21. The summed E-state index contributed by atoms with van der Waals surface area (Å²) < 4.78 is 6.67. The van der Waals surface area contributed by atoms with E-state index in [4.69, 9.17) is 4.74 Å². The van der Waals surface area contributed by atoms with Gasteiger partial charge < -0.3 is 21.6 Å². The molecule has 1 aromatic carbocycles. The van der Waals surface area contributed by atoms with Crippen molar-refractivity contribution in [1.82, 2.24) is 0 Å². The van der Waals surface area contributed by atoms with E-state index in [0.717, 1.165) is 24.2 Å². The van der Waals surface area contributed by atoms with Crippen LogP contribution in [0.25, 0.3) is 0 Å². The molecule has 0 radical (unpaired) electrons. The second-order valence-corrected chi connectivity index (χ2v) is 8.20. The van der Waals surface area contributed by atoms with Gasteiger partial charge in [-0.25, -0.2) is 0 Å². The van der Waals surface area contributed by atoms with Gasteiger partial charge in [-0.1, -0.05) is 58.0 Å². The van der Waals surface area contributed by atoms with Gasteiger partial charge >= 0.3 is 0 Å². The molecule has 0 aliphatic heterocycles. The average molecular weight is 356 g/mol. The van der Waals surface area contributed by atoms with Gasteiger partial charge in [0.15, 0.2) is 0 Å². The Morgan fingerprint density at radius 3 is 1.88 bits per heavy atom. The van der Waals surface area contributed by atoms with E-state index in [2.05, 4.69) is 79.0 Å². The van der Waals surface area contributed by atoms with Crippen LogP contribution in [0.4, 0.5) is 0 Å². The van der Waals surface area contributed by atoms with E-state index >= 15 is 0 Å². The molecule has 0 aliphatic carbocycles. The van der Waals surface area contributed by atoms with Gasteiger partial charge in [-0.05, 0) is 18.8 Å². The predicted molar refractivity (Wildman–Crippen MR) is 100 cm³/mol. The molecule has 1 aromatic rings. The Hall–Kier alpha value is -0.570. The monoisotopic (exact) mass is 355 g/mol. The number of hydrogen-bond acceptors (Lipinski definition) is 1. The van der Waals surface area contributed by atoms with Crippen molar-refractivity contribution in [2.45, 2.75) is 53.0 Å². The van der Waals surface area contributed by atoms with E-state index < -0.39 is 0 Å². The van der Waals surface area contributed by atoms with Crippen LogP contribution in [0.5, 0.6) is 0 Å². The lowest BCUT2D eigenvalue weighted by atomic mass is 9.74. The molecule has 2 nitrogen and oxygen atoms in total. The van der Waals surface area contributed by atoms with Crippen LogP contribution in [0.15, 0.2) is 30.3 Å². The zero-order valence-corrected chi connectivity index (χ0v) is 17.6. The summed E-state index contributed by atoms with van der Waals surface area (Å²) in [4.78, 5) is 0. The molecule has 0 N–H and O–H groups in total. The quantitative estimate of drug-likeness (QED) is 0.461. The van der Waals surface area contributed by atoms with Gasteiger partial charge in [0.2, 0.25) is 0 Å². The highest BCUT2D eigenvalue weighted by atomic mass is 35.5. The topological polar surface area (TPSA) is 9.23 Å². The largest absolute Gasteiger partial charge is 1.00 e. The highest BCUT2D eigenvalue weighted by molar-refractivity contribution is 5.23. The second-order valence-electron chi connectivity index (χ2n) is 8.20. The van der Waals surface area contributed by atoms with Crippen LogP contribution in [0.3, 0.4) is 0 Å². The summed E-state index contributed by atoms with van der Waals surface area (Å²) in [6.07, 6.45) is 2.41. The van der Waals surface area contributed by atoms with Crippen molar-refractivity contribution in [2.75, 3.05) is 33.9 Å². The molecule has 0 saturated carbocycles. The third kappa shape index (κ3) is 6.06. The predicted octanol–water partition coefficient (Wildman–Crippen LogP) is 2.09. The Kier molecular flexibility index (Phi) is 10.2. The van der Waals surface area contributed by atoms with E-state index in [9.17, 15) is 0 Å². The van der Waals surface area contributed by atoms with Crippen molar-refractivity contribution in [2.24, 2.45) is 11.8 Å². The van der Waals surface area contributed by atoms with Crippen LogP contribution in [0.2, 0.25) is 0 Å². The van der Waals surface area contributed by atoms with Crippen molar-refractivity contribution in [3.05, 3.63) is 35.9 Å². The standard InChI is InChI=1S/C21H38NO.ClH/c1-8-23-15-14-22(6,7)21(16-18(2)3,17-19(4)5)20-12-10-9-11-13-20;/h9-13,18-19H,8,14-17H2,1-7H3;1H/q+1;/p-1. The molecule has 0 bridgehead atoms. The number of rotatable bonds is 10. The minimum atomic E-state index is 0. The van der Waals surface area contributed by atoms with Gasteiger partial charge in [-0.2, -0.15) is 0 Å². The summed E-state index contributed by atoms with van der Waals surface area (Å²) in [7, 11) is 4.77. The summed E-state index contributed by atoms with van der Waals surface area (Å²) in [5.74, 6) is 1.33. The Labute approximate surface area is 156 Å². The molecule has 0 spiro atoms. The fraction of sp³-hybridized carbons (Fsp3) is 0.714. The SMILES string of the molecule is CCOCC[N+](C)(C)C(CC(C)C)(CC(C)C)c1ccccc1.[Cl-]. The molecule has 140 valence electrons. The summed E-state index contributed by atoms with van der Waals surface area (Å²) in [6, 6.07) is 11.1. The Morgan fingerprint density at radius 1 is 0.958 bits per heavy atom. The smallest absolute Gasteiger partial charge is 0.125 e. The molecular formula is C21H38ClNO. The molecule has 0 heterocycles. The van der Waals surface area contributed by atoms with Crippen molar-refractivity contribution >= 4 is 0 Å². The zero-order chi connectivity index (χ0) is 17.5. The third-order valence-electron chi connectivity index (χ3n) is 4.96. The molecule has 0 saturated heterocycles. The van der Waals surface area contributed by atoms with Crippen molar-refractivity contribution in [3.8, 4) is 0 Å². The highest BCUT2D eigenvalue weighted by Gasteiger charge is 2.47. The van der Waals surface area contributed by atoms with Crippen molar-refractivity contribution in [3.63, 3.8) is 0 Å². The fourth-order valence-electron chi connectivity index (χ4n) is 3.91. The fourth-order valence-corrected chi connectivity index (χ4v) is 3.91. The second kappa shape index (κ2) is 10.4. The molecule has 0 aliphatic rings. The molecule has 3 heteroatoms. The first-order chi connectivity index (χ1) is 10.7. The van der Waals surface area contributed by atoms with E-state index in [0.29, 0.717) is 11.8 Å². The van der Waals surface area contributed by atoms with Gasteiger partial charge in [-0.3, -0.25) is 0 Å².